The number of nitrogens with two attached hydrogens (primary N) is 1. The Morgan fingerprint density at radius 2 is 1.89 bits per heavy atom. The number of piperidine rings is 1. The molecule has 1 fully saturated rings. The third-order valence-corrected chi connectivity index (χ3v) is 4.96. The molecule has 1 aliphatic heterocycles. The lowest BCUT2D eigenvalue weighted by molar-refractivity contribution is 0.221. The van der Waals surface area contributed by atoms with Crippen LogP contribution >= 0.6 is 12.4 Å². The first-order chi connectivity index (χ1) is 12.7. The smallest absolute Gasteiger partial charge is 0.258 e. The van der Waals surface area contributed by atoms with E-state index in [2.05, 4.69) is 33.2 Å². The van der Waals surface area contributed by atoms with Crippen molar-refractivity contribution < 1.29 is 4.52 Å². The maximum absolute atomic E-state index is 5.90. The normalized spacial score (nSPS) is 14.7. The Kier molecular flexibility index (Phi) is 6.14. The molecule has 27 heavy (non-hydrogen) atoms. The van der Waals surface area contributed by atoms with Crippen molar-refractivity contribution in [2.24, 2.45) is 0 Å². The molecule has 0 atom stereocenters. The van der Waals surface area contributed by atoms with Gasteiger partial charge in [0.15, 0.2) is 0 Å². The molecule has 0 amide bonds. The van der Waals surface area contributed by atoms with Crippen LogP contribution in [0.2, 0.25) is 0 Å². The van der Waals surface area contributed by atoms with E-state index in [9.17, 15) is 0 Å². The number of nitrogens with zero attached hydrogens (tertiary/aromatic N) is 3. The summed E-state index contributed by atoms with van der Waals surface area (Å²) < 4.78 is 5.50. The predicted octanol–water partition coefficient (Wildman–Crippen LogP) is 4.70. The van der Waals surface area contributed by atoms with Gasteiger partial charge in [0.1, 0.15) is 0 Å². The Bertz CT molecular complexity index is 903. The quantitative estimate of drug-likeness (QED) is 0.660. The monoisotopic (exact) mass is 384 g/mol. The van der Waals surface area contributed by atoms with E-state index in [1.165, 1.54) is 37.9 Å². The maximum atomic E-state index is 5.90. The molecule has 142 valence electrons. The summed E-state index contributed by atoms with van der Waals surface area (Å²) in [7, 11) is 0. The average Bonchev–Trinajstić information content (AvgIpc) is 3.15. The minimum Gasteiger partial charge on any atom is -0.399 e. The van der Waals surface area contributed by atoms with Crippen molar-refractivity contribution in [2.75, 3.05) is 18.8 Å². The number of hydrogen-bond donors (Lipinski definition) is 1. The van der Waals surface area contributed by atoms with Crippen LogP contribution in [0.25, 0.3) is 22.8 Å². The molecule has 1 saturated heterocycles. The van der Waals surface area contributed by atoms with E-state index in [4.69, 9.17) is 10.3 Å². The Morgan fingerprint density at radius 3 is 2.70 bits per heavy atom. The van der Waals surface area contributed by atoms with Gasteiger partial charge in [0.05, 0.1) is 0 Å². The third kappa shape index (κ3) is 4.49. The molecular weight excluding hydrogens is 360 g/mol. The summed E-state index contributed by atoms with van der Waals surface area (Å²) in [6.45, 7) is 5.36. The summed E-state index contributed by atoms with van der Waals surface area (Å²) in [4.78, 5) is 7.11. The zero-order valence-electron chi connectivity index (χ0n) is 15.5. The first-order valence-electron chi connectivity index (χ1n) is 9.21. The van der Waals surface area contributed by atoms with E-state index in [0.717, 1.165) is 23.2 Å². The summed E-state index contributed by atoms with van der Waals surface area (Å²) in [6.07, 6.45) is 3.95. The van der Waals surface area contributed by atoms with E-state index in [1.807, 2.05) is 31.2 Å². The van der Waals surface area contributed by atoms with Crippen LogP contribution in [0, 0.1) is 6.92 Å². The molecule has 6 heteroatoms. The van der Waals surface area contributed by atoms with Gasteiger partial charge in [-0.15, -0.1) is 12.4 Å². The fourth-order valence-electron chi connectivity index (χ4n) is 3.50. The average molecular weight is 385 g/mol. The molecule has 5 nitrogen and oxygen atoms in total. The second-order valence-corrected chi connectivity index (χ2v) is 7.03. The maximum Gasteiger partial charge on any atom is 0.258 e. The highest BCUT2D eigenvalue weighted by molar-refractivity contribution is 5.85. The van der Waals surface area contributed by atoms with Crippen molar-refractivity contribution in [1.82, 2.24) is 15.0 Å². The van der Waals surface area contributed by atoms with E-state index >= 15 is 0 Å². The molecule has 0 saturated carbocycles. The van der Waals surface area contributed by atoms with Crippen molar-refractivity contribution in [3.8, 4) is 22.8 Å². The number of nitrogen functional groups attached to an aromatic ring is 1. The molecule has 0 bridgehead atoms. The Hall–Kier alpha value is -2.37. The lowest BCUT2D eigenvalue weighted by atomic mass is 10.1. The topological polar surface area (TPSA) is 68.2 Å². The fraction of sp³-hybridized carbons (Fsp3) is 0.333. The van der Waals surface area contributed by atoms with Gasteiger partial charge in [-0.05, 0) is 62.2 Å². The molecular formula is C21H25ClN4O. The molecule has 2 aromatic carbocycles. The molecule has 0 spiro atoms. The predicted molar refractivity (Wildman–Crippen MR) is 111 cm³/mol. The number of anilines is 1. The van der Waals surface area contributed by atoms with Crippen LogP contribution in [0.4, 0.5) is 5.69 Å². The highest BCUT2D eigenvalue weighted by Gasteiger charge is 2.14. The first-order valence-corrected chi connectivity index (χ1v) is 9.21. The van der Waals surface area contributed by atoms with Gasteiger partial charge in [0.25, 0.3) is 5.89 Å². The van der Waals surface area contributed by atoms with Gasteiger partial charge in [-0.3, -0.25) is 4.90 Å². The van der Waals surface area contributed by atoms with Gasteiger partial charge in [-0.25, -0.2) is 0 Å². The van der Waals surface area contributed by atoms with Crippen LogP contribution in [-0.4, -0.2) is 28.1 Å². The van der Waals surface area contributed by atoms with Gasteiger partial charge in [0, 0.05) is 23.4 Å². The zero-order valence-corrected chi connectivity index (χ0v) is 16.3. The van der Waals surface area contributed by atoms with Gasteiger partial charge < -0.3 is 10.3 Å². The molecule has 1 aromatic heterocycles. The molecule has 0 unspecified atom stereocenters. The summed E-state index contributed by atoms with van der Waals surface area (Å²) in [6, 6.07) is 14.1. The molecule has 3 aromatic rings. The molecule has 0 radical (unpaired) electrons. The van der Waals surface area contributed by atoms with Crippen LogP contribution in [0.5, 0.6) is 0 Å². The van der Waals surface area contributed by atoms with Gasteiger partial charge in [-0.2, -0.15) is 4.98 Å². The zero-order chi connectivity index (χ0) is 17.9. The number of benzene rings is 2. The highest BCUT2D eigenvalue weighted by atomic mass is 35.5. The first kappa shape index (κ1) is 19.4. The number of halogens is 1. The third-order valence-electron chi connectivity index (χ3n) is 4.96. The molecule has 0 aliphatic carbocycles. The molecule has 2 heterocycles. The SMILES string of the molecule is Cc1ccc(N)cc1-c1nc(-c2cccc(CN3CCCCC3)c2)no1.Cl. The van der Waals surface area contributed by atoms with Crippen LogP contribution in [0.3, 0.4) is 0 Å². The number of aromatic nitrogens is 2. The minimum absolute atomic E-state index is 0. The molecule has 1 aliphatic rings. The van der Waals surface area contributed by atoms with Crippen LogP contribution in [0.15, 0.2) is 47.0 Å². The van der Waals surface area contributed by atoms with Crippen LogP contribution < -0.4 is 5.73 Å². The Morgan fingerprint density at radius 1 is 1.07 bits per heavy atom. The Balaban J connectivity index is 0.00000210. The van der Waals surface area contributed by atoms with Crippen molar-refractivity contribution in [1.29, 1.82) is 0 Å². The van der Waals surface area contributed by atoms with Crippen molar-refractivity contribution >= 4 is 18.1 Å². The summed E-state index contributed by atoms with van der Waals surface area (Å²) >= 11 is 0. The largest absolute Gasteiger partial charge is 0.399 e. The van der Waals surface area contributed by atoms with Crippen molar-refractivity contribution in [3.05, 3.63) is 53.6 Å². The van der Waals surface area contributed by atoms with Crippen molar-refractivity contribution in [2.45, 2.75) is 32.7 Å². The molecule has 4 rings (SSSR count). The second-order valence-electron chi connectivity index (χ2n) is 7.03. The highest BCUT2D eigenvalue weighted by Crippen LogP contribution is 2.27. The lowest BCUT2D eigenvalue weighted by Gasteiger charge is -2.26. The summed E-state index contributed by atoms with van der Waals surface area (Å²) in [5, 5.41) is 4.18. The van der Waals surface area contributed by atoms with E-state index in [-0.39, 0.29) is 12.4 Å². The number of likely N-dealkylation sites (tertiary alicyclic amines) is 1. The van der Waals surface area contributed by atoms with E-state index < -0.39 is 0 Å². The van der Waals surface area contributed by atoms with Gasteiger partial charge >= 0.3 is 0 Å². The molecule has 2 N–H and O–H groups in total. The number of hydrogen-bond acceptors (Lipinski definition) is 5. The second kappa shape index (κ2) is 8.55. The standard InChI is InChI=1S/C21H24N4O.ClH/c1-15-8-9-18(22)13-19(15)21-23-20(24-26-21)17-7-5-6-16(12-17)14-25-10-3-2-4-11-25;/h5-9,12-13H,2-4,10-11,14,22H2,1H3;1H. The van der Waals surface area contributed by atoms with Gasteiger partial charge in [-0.1, -0.05) is 35.8 Å². The number of aryl methyl sites for hydroxylation is 1. The van der Waals surface area contributed by atoms with Crippen molar-refractivity contribution in [3.63, 3.8) is 0 Å². The Labute approximate surface area is 166 Å². The minimum atomic E-state index is 0. The summed E-state index contributed by atoms with van der Waals surface area (Å²) in [5.41, 5.74) is 10.8. The number of rotatable bonds is 4. The van der Waals surface area contributed by atoms with Gasteiger partial charge in [0.2, 0.25) is 5.82 Å². The van der Waals surface area contributed by atoms with E-state index in [1.54, 1.807) is 0 Å². The van der Waals surface area contributed by atoms with E-state index in [0.29, 0.717) is 17.4 Å². The van der Waals surface area contributed by atoms with Crippen LogP contribution in [-0.2, 0) is 6.54 Å². The summed E-state index contributed by atoms with van der Waals surface area (Å²) in [5.74, 6) is 1.12. The fourth-order valence-corrected chi connectivity index (χ4v) is 3.50. The van der Waals surface area contributed by atoms with Crippen LogP contribution in [0.1, 0.15) is 30.4 Å². The lowest BCUT2D eigenvalue weighted by Crippen LogP contribution is -2.29.